The van der Waals surface area contributed by atoms with E-state index in [-0.39, 0.29) is 87.6 Å². The monoisotopic (exact) mass is 1110 g/mol. The van der Waals surface area contributed by atoms with Crippen LogP contribution in [0.3, 0.4) is 0 Å². The first kappa shape index (κ1) is 30.3. The summed E-state index contributed by atoms with van der Waals surface area (Å²) in [7, 11) is 0. The van der Waals surface area contributed by atoms with Crippen molar-refractivity contribution in [1.29, 1.82) is 5.26 Å². The molecule has 70 heavy (non-hydrogen) atoms. The summed E-state index contributed by atoms with van der Waals surface area (Å²) in [5.41, 5.74) is -5.50. The average Bonchev–Trinajstić information content (AvgIpc) is 0.996. The summed E-state index contributed by atoms with van der Waals surface area (Å²) >= 11 is 0. The van der Waals surface area contributed by atoms with Crippen LogP contribution in [0, 0.1) is 41.8 Å². The average molecular weight is 1110 g/mol. The van der Waals surface area contributed by atoms with Crippen LogP contribution in [0.25, 0.3) is 55.7 Å². The fraction of sp³-hybridized carbons (Fsp3) is 0.281. The third kappa shape index (κ3) is 11.2. The molecule has 0 bridgehead atoms. The van der Waals surface area contributed by atoms with Crippen LogP contribution in [-0.2, 0) is 64.7 Å². The third-order valence-electron chi connectivity index (χ3n) is 11.1. The van der Waals surface area contributed by atoms with Crippen LogP contribution in [0.1, 0.15) is 149 Å². The number of aromatic nitrogens is 3. The molecule has 5 nitrogen and oxygen atoms in total. The van der Waals surface area contributed by atoms with Crippen molar-refractivity contribution in [1.82, 2.24) is 15.0 Å². The van der Waals surface area contributed by atoms with Gasteiger partial charge in [-0.25, -0.2) is 0 Å². The minimum absolute atomic E-state index is 0. The molecule has 5 aromatic carbocycles. The van der Waals surface area contributed by atoms with E-state index in [1.54, 1.807) is 75.4 Å². The van der Waals surface area contributed by atoms with Gasteiger partial charge in [0.1, 0.15) is 5.58 Å². The van der Waals surface area contributed by atoms with E-state index in [9.17, 15) is 24.5 Å². The predicted molar refractivity (Wildman–Crippen MR) is 282 cm³/mol. The third-order valence-corrected chi connectivity index (χ3v) is 11.1. The molecular weight excluding hydrogens is 1030 g/mol. The molecule has 0 fully saturated rings. The number of pyridine rings is 3. The predicted octanol–water partition coefficient (Wildman–Crippen LogP) is 15.5. The fourth-order valence-corrected chi connectivity index (χ4v) is 7.80. The van der Waals surface area contributed by atoms with Gasteiger partial charge in [-0.3, -0.25) is 0 Å². The normalized spacial score (nSPS) is 17.8. The van der Waals surface area contributed by atoms with Gasteiger partial charge in [-0.2, -0.15) is 5.26 Å². The van der Waals surface area contributed by atoms with Crippen LogP contribution < -0.4 is 0 Å². The number of hydrogen-bond acceptors (Lipinski definition) is 5. The quantitative estimate of drug-likeness (QED) is 0.0956. The van der Waals surface area contributed by atoms with Gasteiger partial charge in [0.25, 0.3) is 0 Å². The molecule has 4 heterocycles. The van der Waals surface area contributed by atoms with Crippen molar-refractivity contribution in [2.75, 3.05) is 0 Å². The molecule has 0 N–H and O–H groups in total. The largest absolute Gasteiger partial charge is 3.00 e. The zero-order chi connectivity index (χ0) is 66.0. The van der Waals surface area contributed by atoms with Gasteiger partial charge in [0.2, 0.25) is 0 Å². The second-order valence-electron chi connectivity index (χ2n) is 17.9. The summed E-state index contributed by atoms with van der Waals surface area (Å²) in [4.78, 5) is 13.4. The van der Waals surface area contributed by atoms with Gasteiger partial charge in [0.05, 0.1) is 18.6 Å². The maximum atomic E-state index is 10.2. The zero-order valence-electron chi connectivity index (χ0n) is 59.6. The summed E-state index contributed by atoms with van der Waals surface area (Å²) in [5, 5.41) is 10.8. The van der Waals surface area contributed by atoms with E-state index in [4.69, 9.17) is 12.6 Å². The molecule has 6 heteroatoms. The van der Waals surface area contributed by atoms with Gasteiger partial charge in [0.15, 0.2) is 0 Å². The molecule has 0 saturated heterocycles. The topological polar surface area (TPSA) is 75.6 Å². The standard InChI is InChI=1S/C64H61N4O.Ir/c1-41(2)56-34-59(47-16-11-9-12-17-47)66-39-51(56)26-23-45-31-44(32-46(33-45)24-27-52-40-67-60(35-57(52)42(3)4)48-18-13-10-14-19-48)22-25-50-38-68-61(30-43(50)5)55-21-15-20-53-54-29-28-49(37-65)58(36-64(6,7)8)63(54)69-62(53)55;/h9-16,18,20,28-35,38-42H,22-27,36H2,1-8H3;/q-3;+3/i5D3,22D2,23D2,24D2,25D2,26D2,27D2,28D,36D2,41D,42D;. The molecule has 0 aliphatic heterocycles. The van der Waals surface area contributed by atoms with Crippen LogP contribution in [0.4, 0.5) is 0 Å². The van der Waals surface area contributed by atoms with Crippen molar-refractivity contribution in [3.63, 3.8) is 0 Å². The van der Waals surface area contributed by atoms with Crippen LogP contribution in [0.5, 0.6) is 0 Å². The molecule has 352 valence electrons. The van der Waals surface area contributed by atoms with Crippen molar-refractivity contribution in [3.05, 3.63) is 207 Å². The van der Waals surface area contributed by atoms with Crippen molar-refractivity contribution in [3.8, 4) is 39.8 Å². The van der Waals surface area contributed by atoms with E-state index in [0.717, 1.165) is 42.9 Å². The van der Waals surface area contributed by atoms with Gasteiger partial charge >= 0.3 is 20.1 Å². The second kappa shape index (κ2) is 21.6. The molecule has 0 unspecified atom stereocenters. The number of rotatable bonds is 15. The van der Waals surface area contributed by atoms with Crippen molar-refractivity contribution in [2.45, 2.75) is 112 Å². The SMILES string of the molecule is [2H]c1cc2c(oc3c(-c4cc(C([2H])([2H])[2H])c(C([2H])([2H])C([2H])([2H])c5cc(C([2H])([2H])C([2H])([2H])c6cnc(-c7[c-]cccc7)cc6C([2H])(C)C)cc(C([2H])([2H])C([2H])([2H])c6cnc(-c7[c-]cccc7)cc6C([2H])(C)C)c5)cn4)[c-]ccc32)c(C([2H])([2H])C(C)(C)C)c1C#N.[Ir+3]. The minimum atomic E-state index is -3.58. The maximum absolute atomic E-state index is 10.2. The van der Waals surface area contributed by atoms with Crippen LogP contribution in [0.15, 0.2) is 132 Å². The number of nitriles is 1. The molecule has 0 aliphatic carbocycles. The first-order valence-corrected chi connectivity index (χ1v) is 22.3. The number of furan rings is 1. The number of hydrogen-bond donors (Lipinski definition) is 0. The first-order valence-electron chi connectivity index (χ1n) is 32.3. The van der Waals surface area contributed by atoms with Crippen LogP contribution in [0.2, 0.25) is 0 Å². The van der Waals surface area contributed by atoms with Crippen molar-refractivity contribution < 1.29 is 51.9 Å². The molecular formula is C64H61IrN4O. The van der Waals surface area contributed by atoms with E-state index >= 15 is 0 Å². The maximum Gasteiger partial charge on any atom is 3.00 e. The molecule has 0 aliphatic rings. The fourth-order valence-electron chi connectivity index (χ4n) is 7.80. The molecule has 0 radical (unpaired) electrons. The molecule has 0 amide bonds. The Bertz CT molecular complexity index is 4130. The molecule has 4 aromatic heterocycles. The van der Waals surface area contributed by atoms with Crippen molar-refractivity contribution >= 4 is 21.9 Å². The minimum Gasteiger partial charge on any atom is -0.500 e. The Balaban J connectivity index is 0.0000105. The molecule has 0 spiro atoms. The summed E-state index contributed by atoms with van der Waals surface area (Å²) < 4.78 is 195. The van der Waals surface area contributed by atoms with E-state index in [1.807, 2.05) is 6.07 Å². The Labute approximate surface area is 456 Å². The van der Waals surface area contributed by atoms with Crippen LogP contribution >= 0.6 is 0 Å². The van der Waals surface area contributed by atoms with E-state index in [2.05, 4.69) is 33.2 Å². The Morgan fingerprint density at radius 2 is 1.19 bits per heavy atom. The number of aryl methyl sites for hydroxylation is 7. The molecule has 9 rings (SSSR count). The number of benzene rings is 5. The summed E-state index contributed by atoms with van der Waals surface area (Å²) in [6.07, 6.45) is -19.8. The Hall–Kier alpha value is -6.51. The number of nitrogens with zero attached hydrogens (tertiary/aromatic N) is 4. The Morgan fingerprint density at radius 1 is 0.657 bits per heavy atom. The van der Waals surface area contributed by atoms with Crippen LogP contribution in [-0.4, -0.2) is 15.0 Å². The Morgan fingerprint density at radius 3 is 1.69 bits per heavy atom. The van der Waals surface area contributed by atoms with Gasteiger partial charge in [-0.15, -0.1) is 90.0 Å². The first-order chi connectivity index (χ1) is 40.8. The summed E-state index contributed by atoms with van der Waals surface area (Å²) in [6, 6.07) is 34.7. The van der Waals surface area contributed by atoms with Gasteiger partial charge < -0.3 is 19.4 Å². The Kier molecular flexibility index (Phi) is 9.36. The van der Waals surface area contributed by atoms with E-state index in [1.165, 1.54) is 52.0 Å². The van der Waals surface area contributed by atoms with Gasteiger partial charge in [-0.05, 0) is 136 Å². The van der Waals surface area contributed by atoms with Gasteiger partial charge in [-0.1, -0.05) is 107 Å². The van der Waals surface area contributed by atoms with E-state index in [0.29, 0.717) is 16.5 Å². The molecule has 9 aromatic rings. The van der Waals surface area contributed by atoms with Crippen molar-refractivity contribution in [2.24, 2.45) is 5.41 Å². The summed E-state index contributed by atoms with van der Waals surface area (Å²) in [5.74, 6) is -3.26. The second-order valence-corrected chi connectivity index (χ2v) is 17.9. The van der Waals surface area contributed by atoms with E-state index < -0.39 is 108 Å². The summed E-state index contributed by atoms with van der Waals surface area (Å²) in [6.45, 7) is 7.40. The smallest absolute Gasteiger partial charge is 0.500 e. The molecule has 0 saturated carbocycles. The molecule has 0 atom stereocenters. The zero-order valence-corrected chi connectivity index (χ0v) is 42.0. The number of fused-ring (bicyclic) bond motifs is 3. The van der Waals surface area contributed by atoms with Gasteiger partial charge in [0, 0.05) is 55.6 Å².